The summed E-state index contributed by atoms with van der Waals surface area (Å²) in [6, 6.07) is 24.2. The highest BCUT2D eigenvalue weighted by molar-refractivity contribution is 6.30. The number of hydrogen-bond acceptors (Lipinski definition) is 5. The summed E-state index contributed by atoms with van der Waals surface area (Å²) in [7, 11) is 1.63. The molecular weight excluding hydrogens is 542 g/mol. The number of piperidine rings is 1. The van der Waals surface area contributed by atoms with Crippen molar-refractivity contribution in [3.63, 3.8) is 0 Å². The molecule has 3 aromatic rings. The summed E-state index contributed by atoms with van der Waals surface area (Å²) < 4.78 is 5.39. The van der Waals surface area contributed by atoms with Crippen LogP contribution in [-0.2, 0) is 16.0 Å². The van der Waals surface area contributed by atoms with Crippen molar-refractivity contribution in [3.05, 3.63) is 89.4 Å². The number of urea groups is 1. The first kappa shape index (κ1) is 28.3. The van der Waals surface area contributed by atoms with Gasteiger partial charge in [-0.15, -0.1) is 0 Å². The molecule has 4 amide bonds. The fraction of sp³-hybridized carbons (Fsp3) is 0.323. The van der Waals surface area contributed by atoms with Crippen LogP contribution in [0.2, 0.25) is 5.02 Å². The van der Waals surface area contributed by atoms with Gasteiger partial charge in [-0.3, -0.25) is 9.59 Å². The molecule has 0 radical (unpaired) electrons. The SMILES string of the molecule is COc1ccccc1CCNC(=O)CN1CN(c2ccccc2)C2(CCN(C(=O)Nc3cccc(Cl)c3)CC2)C1=O. The highest BCUT2D eigenvalue weighted by Crippen LogP contribution is 2.39. The van der Waals surface area contributed by atoms with E-state index in [1.54, 1.807) is 41.2 Å². The van der Waals surface area contributed by atoms with Gasteiger partial charge in [0, 0.05) is 36.0 Å². The van der Waals surface area contributed by atoms with Crippen molar-refractivity contribution in [2.75, 3.05) is 50.2 Å². The number of carbonyl (C=O) groups is 3. The first-order valence-electron chi connectivity index (χ1n) is 13.7. The van der Waals surface area contributed by atoms with Gasteiger partial charge in [-0.05, 0) is 61.2 Å². The Labute approximate surface area is 245 Å². The van der Waals surface area contributed by atoms with E-state index in [9.17, 15) is 14.4 Å². The van der Waals surface area contributed by atoms with Gasteiger partial charge in [0.25, 0.3) is 5.91 Å². The first-order chi connectivity index (χ1) is 19.9. The molecule has 2 N–H and O–H groups in total. The molecular formula is C31H34ClN5O4. The van der Waals surface area contributed by atoms with Crippen molar-refractivity contribution in [2.24, 2.45) is 0 Å². The molecule has 2 saturated heterocycles. The lowest BCUT2D eigenvalue weighted by atomic mass is 9.85. The molecule has 41 heavy (non-hydrogen) atoms. The summed E-state index contributed by atoms with van der Waals surface area (Å²) in [6.45, 7) is 1.51. The van der Waals surface area contributed by atoms with E-state index in [4.69, 9.17) is 16.3 Å². The number of likely N-dealkylation sites (tertiary alicyclic amines) is 1. The molecule has 5 rings (SSSR count). The number of nitrogens with zero attached hydrogens (tertiary/aromatic N) is 3. The molecule has 10 heteroatoms. The zero-order valence-corrected chi connectivity index (χ0v) is 23.8. The highest BCUT2D eigenvalue weighted by atomic mass is 35.5. The van der Waals surface area contributed by atoms with Crippen LogP contribution < -0.4 is 20.3 Å². The quantitative estimate of drug-likeness (QED) is 0.416. The van der Waals surface area contributed by atoms with Crippen LogP contribution in [0.15, 0.2) is 78.9 Å². The number of rotatable bonds is 8. The van der Waals surface area contributed by atoms with E-state index in [2.05, 4.69) is 15.5 Å². The number of methoxy groups -OCH3 is 1. The lowest BCUT2D eigenvalue weighted by Crippen LogP contribution is -2.58. The maximum atomic E-state index is 13.9. The van der Waals surface area contributed by atoms with Crippen LogP contribution in [0.25, 0.3) is 0 Å². The maximum absolute atomic E-state index is 13.9. The number of hydrogen-bond donors (Lipinski definition) is 2. The Morgan fingerprint density at radius 1 is 0.976 bits per heavy atom. The van der Waals surface area contributed by atoms with Gasteiger partial charge in [-0.1, -0.05) is 54.1 Å². The molecule has 2 heterocycles. The molecule has 2 fully saturated rings. The summed E-state index contributed by atoms with van der Waals surface area (Å²) >= 11 is 6.06. The molecule has 0 saturated carbocycles. The van der Waals surface area contributed by atoms with Gasteiger partial charge in [0.2, 0.25) is 5.91 Å². The Morgan fingerprint density at radius 3 is 2.44 bits per heavy atom. The van der Waals surface area contributed by atoms with E-state index in [0.717, 1.165) is 17.0 Å². The van der Waals surface area contributed by atoms with Gasteiger partial charge >= 0.3 is 6.03 Å². The Bertz CT molecular complexity index is 1390. The molecule has 1 spiro atoms. The summed E-state index contributed by atoms with van der Waals surface area (Å²) in [5.74, 6) is 0.484. The first-order valence-corrected chi connectivity index (χ1v) is 14.1. The lowest BCUT2D eigenvalue weighted by Gasteiger charge is -2.43. The van der Waals surface area contributed by atoms with Gasteiger partial charge in [0.1, 0.15) is 17.8 Å². The minimum atomic E-state index is -0.828. The zero-order chi connectivity index (χ0) is 28.8. The topological polar surface area (TPSA) is 94.2 Å². The number of ether oxygens (including phenoxy) is 1. The number of nitrogens with one attached hydrogen (secondary N) is 2. The van der Waals surface area contributed by atoms with E-state index in [1.807, 2.05) is 54.6 Å². The second-order valence-corrected chi connectivity index (χ2v) is 10.7. The average Bonchev–Trinajstić information content (AvgIpc) is 3.24. The largest absolute Gasteiger partial charge is 0.496 e. The lowest BCUT2D eigenvalue weighted by molar-refractivity contribution is -0.137. The molecule has 0 aliphatic carbocycles. The maximum Gasteiger partial charge on any atom is 0.321 e. The van der Waals surface area contributed by atoms with Gasteiger partial charge in [-0.25, -0.2) is 4.79 Å². The Morgan fingerprint density at radius 2 is 1.71 bits per heavy atom. The van der Waals surface area contributed by atoms with Crippen molar-refractivity contribution in [1.29, 1.82) is 0 Å². The van der Waals surface area contributed by atoms with E-state index < -0.39 is 5.54 Å². The van der Waals surface area contributed by atoms with Crippen molar-refractivity contribution >= 4 is 40.8 Å². The molecule has 3 aromatic carbocycles. The van der Waals surface area contributed by atoms with Crippen LogP contribution >= 0.6 is 11.6 Å². The molecule has 9 nitrogen and oxygen atoms in total. The number of halogens is 1. The van der Waals surface area contributed by atoms with Crippen LogP contribution in [0.3, 0.4) is 0 Å². The molecule has 0 aromatic heterocycles. The van der Waals surface area contributed by atoms with Gasteiger partial charge in [0.05, 0.1) is 13.8 Å². The van der Waals surface area contributed by atoms with Crippen LogP contribution in [0, 0.1) is 0 Å². The van der Waals surface area contributed by atoms with E-state index >= 15 is 0 Å². The van der Waals surface area contributed by atoms with E-state index in [0.29, 0.717) is 56.3 Å². The number of carbonyl (C=O) groups excluding carboxylic acids is 3. The predicted molar refractivity (Wildman–Crippen MR) is 159 cm³/mol. The molecule has 0 atom stereocenters. The third-order valence-corrected chi connectivity index (χ3v) is 8.01. The fourth-order valence-electron chi connectivity index (χ4n) is 5.65. The standard InChI is InChI=1S/C31H34ClN5O4/c1-41-27-13-6-5-8-23(27)14-17-33-28(38)21-36-22-37(26-11-3-2-4-12-26)31(29(36)39)15-18-35(19-16-31)30(40)34-25-10-7-9-24(32)20-25/h2-13,20H,14-19,21-22H2,1H3,(H,33,38)(H,34,40). The van der Waals surface area contributed by atoms with Gasteiger partial charge in [-0.2, -0.15) is 0 Å². The molecule has 0 bridgehead atoms. The van der Waals surface area contributed by atoms with Crippen LogP contribution in [0.4, 0.5) is 16.2 Å². The van der Waals surface area contributed by atoms with Crippen LogP contribution in [0.1, 0.15) is 18.4 Å². The fourth-order valence-corrected chi connectivity index (χ4v) is 5.84. The Balaban J connectivity index is 1.24. The number of benzene rings is 3. The second kappa shape index (κ2) is 12.5. The Kier molecular flexibility index (Phi) is 8.64. The third-order valence-electron chi connectivity index (χ3n) is 7.78. The number of para-hydroxylation sites is 2. The number of amides is 4. The van der Waals surface area contributed by atoms with Crippen LogP contribution in [0.5, 0.6) is 5.75 Å². The van der Waals surface area contributed by atoms with Crippen molar-refractivity contribution in [2.45, 2.75) is 24.8 Å². The summed E-state index contributed by atoms with van der Waals surface area (Å²) in [4.78, 5) is 45.3. The van der Waals surface area contributed by atoms with Crippen molar-refractivity contribution in [1.82, 2.24) is 15.1 Å². The smallest absolute Gasteiger partial charge is 0.321 e. The minimum absolute atomic E-state index is 0.0329. The highest BCUT2D eigenvalue weighted by Gasteiger charge is 2.54. The van der Waals surface area contributed by atoms with Crippen LogP contribution in [-0.4, -0.2) is 73.1 Å². The summed E-state index contributed by atoms with van der Waals surface area (Å²) in [6.07, 6.45) is 1.53. The Hall–Kier alpha value is -4.24. The average molecular weight is 576 g/mol. The minimum Gasteiger partial charge on any atom is -0.496 e. The molecule has 2 aliphatic heterocycles. The summed E-state index contributed by atoms with van der Waals surface area (Å²) in [5.41, 5.74) is 1.71. The van der Waals surface area contributed by atoms with E-state index in [1.165, 1.54) is 0 Å². The number of anilines is 2. The molecule has 2 aliphatic rings. The molecule has 214 valence electrons. The molecule has 0 unspecified atom stereocenters. The van der Waals surface area contributed by atoms with Gasteiger partial charge < -0.3 is 30.1 Å². The van der Waals surface area contributed by atoms with Crippen molar-refractivity contribution < 1.29 is 19.1 Å². The van der Waals surface area contributed by atoms with E-state index in [-0.39, 0.29) is 24.4 Å². The second-order valence-electron chi connectivity index (χ2n) is 10.3. The monoisotopic (exact) mass is 575 g/mol. The summed E-state index contributed by atoms with van der Waals surface area (Å²) in [5, 5.41) is 6.38. The predicted octanol–water partition coefficient (Wildman–Crippen LogP) is 4.38. The van der Waals surface area contributed by atoms with Crippen molar-refractivity contribution in [3.8, 4) is 5.75 Å². The van der Waals surface area contributed by atoms with Gasteiger partial charge in [0.15, 0.2) is 0 Å². The normalized spacial score (nSPS) is 16.1. The third kappa shape index (κ3) is 6.25. The zero-order valence-electron chi connectivity index (χ0n) is 23.0.